The average Bonchev–Trinajstić information content (AvgIpc) is 2.81. The van der Waals surface area contributed by atoms with E-state index in [1.54, 1.807) is 42.8 Å². The van der Waals surface area contributed by atoms with Crippen molar-refractivity contribution >= 4 is 11.3 Å². The summed E-state index contributed by atoms with van der Waals surface area (Å²) in [6, 6.07) is 5.38. The molecule has 2 rings (SSSR count). The second-order valence-corrected chi connectivity index (χ2v) is 5.09. The van der Waals surface area contributed by atoms with Gasteiger partial charge in [0.1, 0.15) is 18.1 Å². The van der Waals surface area contributed by atoms with E-state index in [0.29, 0.717) is 18.1 Å². The third-order valence-electron chi connectivity index (χ3n) is 2.48. The molecule has 0 atom stereocenters. The van der Waals surface area contributed by atoms with E-state index in [9.17, 15) is 5.11 Å². The van der Waals surface area contributed by atoms with Crippen LogP contribution < -0.4 is 9.47 Å². The number of nitrogens with zero attached hydrogens (tertiary/aromatic N) is 1. The van der Waals surface area contributed by atoms with Crippen LogP contribution >= 0.6 is 11.3 Å². The van der Waals surface area contributed by atoms with Crippen LogP contribution in [0.5, 0.6) is 11.5 Å². The van der Waals surface area contributed by atoms with E-state index in [4.69, 9.17) is 9.47 Å². The molecule has 0 amide bonds. The normalized spacial score (nSPS) is 10.4. The highest BCUT2D eigenvalue weighted by Gasteiger charge is 2.06. The zero-order valence-electron chi connectivity index (χ0n) is 10.3. The van der Waals surface area contributed by atoms with Gasteiger partial charge >= 0.3 is 0 Å². The molecule has 0 bridgehead atoms. The Hall–Kier alpha value is -1.59. The number of aliphatic hydroxyl groups excluding tert-OH is 1. The molecule has 1 heterocycles. The molecule has 18 heavy (non-hydrogen) atoms. The molecule has 0 fully saturated rings. The predicted molar refractivity (Wildman–Crippen MR) is 70.1 cm³/mol. The molecule has 0 radical (unpaired) electrons. The summed E-state index contributed by atoms with van der Waals surface area (Å²) in [7, 11) is 1.60. The number of hydrogen-bond donors (Lipinski definition) is 1. The Balaban J connectivity index is 2.11. The van der Waals surface area contributed by atoms with Gasteiger partial charge in [0, 0.05) is 17.8 Å². The summed E-state index contributed by atoms with van der Waals surface area (Å²) >= 11 is 1.60. The second kappa shape index (κ2) is 5.84. The highest BCUT2D eigenvalue weighted by Crippen LogP contribution is 2.26. The highest BCUT2D eigenvalue weighted by atomic mass is 32.1. The van der Waals surface area contributed by atoms with E-state index in [1.807, 2.05) is 6.92 Å². The number of rotatable bonds is 5. The lowest BCUT2D eigenvalue weighted by Gasteiger charge is -2.10. The van der Waals surface area contributed by atoms with Crippen molar-refractivity contribution in [1.29, 1.82) is 0 Å². The monoisotopic (exact) mass is 265 g/mol. The molecule has 1 N–H and O–H groups in total. The molecule has 5 heteroatoms. The van der Waals surface area contributed by atoms with Crippen LogP contribution in [0.25, 0.3) is 0 Å². The van der Waals surface area contributed by atoms with Gasteiger partial charge in [0.2, 0.25) is 0 Å². The molecule has 0 unspecified atom stereocenters. The van der Waals surface area contributed by atoms with Crippen molar-refractivity contribution < 1.29 is 14.6 Å². The second-order valence-electron chi connectivity index (χ2n) is 3.77. The van der Waals surface area contributed by atoms with Crippen LogP contribution in [0.2, 0.25) is 0 Å². The van der Waals surface area contributed by atoms with Crippen molar-refractivity contribution in [3.8, 4) is 11.5 Å². The molecule has 96 valence electrons. The first-order valence-electron chi connectivity index (χ1n) is 5.55. The highest BCUT2D eigenvalue weighted by molar-refractivity contribution is 7.11. The summed E-state index contributed by atoms with van der Waals surface area (Å²) in [5, 5.41) is 10.3. The number of hydrogen-bond acceptors (Lipinski definition) is 5. The van der Waals surface area contributed by atoms with E-state index in [0.717, 1.165) is 15.4 Å². The molecular weight excluding hydrogens is 250 g/mol. The van der Waals surface area contributed by atoms with Crippen molar-refractivity contribution in [2.75, 3.05) is 7.11 Å². The zero-order valence-corrected chi connectivity index (χ0v) is 11.2. The summed E-state index contributed by atoms with van der Waals surface area (Å²) in [5.41, 5.74) is 0.747. The van der Waals surface area contributed by atoms with E-state index in [1.165, 1.54) is 0 Å². The van der Waals surface area contributed by atoms with Gasteiger partial charge < -0.3 is 14.6 Å². The maximum absolute atomic E-state index is 9.25. The third-order valence-corrected chi connectivity index (χ3v) is 3.37. The first-order chi connectivity index (χ1) is 8.72. The molecule has 0 saturated heterocycles. The Morgan fingerprint density at radius 1 is 1.39 bits per heavy atom. The lowest BCUT2D eigenvalue weighted by molar-refractivity contribution is 0.259. The van der Waals surface area contributed by atoms with Gasteiger partial charge in [-0.2, -0.15) is 0 Å². The topological polar surface area (TPSA) is 51.6 Å². The quantitative estimate of drug-likeness (QED) is 0.902. The van der Waals surface area contributed by atoms with Gasteiger partial charge in [-0.15, -0.1) is 11.3 Å². The van der Waals surface area contributed by atoms with Gasteiger partial charge in [0.05, 0.1) is 23.6 Å². The van der Waals surface area contributed by atoms with Gasteiger partial charge in [0.15, 0.2) is 0 Å². The number of aliphatic hydroxyl groups is 1. The van der Waals surface area contributed by atoms with E-state index in [-0.39, 0.29) is 6.61 Å². The van der Waals surface area contributed by atoms with Crippen LogP contribution in [0.4, 0.5) is 0 Å². The van der Waals surface area contributed by atoms with E-state index >= 15 is 0 Å². The van der Waals surface area contributed by atoms with Crippen molar-refractivity contribution in [2.45, 2.75) is 20.1 Å². The van der Waals surface area contributed by atoms with Crippen LogP contribution in [0.15, 0.2) is 24.4 Å². The van der Waals surface area contributed by atoms with Crippen LogP contribution in [0.3, 0.4) is 0 Å². The maximum Gasteiger partial charge on any atom is 0.129 e. The van der Waals surface area contributed by atoms with Crippen molar-refractivity contribution in [3.05, 3.63) is 39.8 Å². The summed E-state index contributed by atoms with van der Waals surface area (Å²) in [5.74, 6) is 1.35. The fraction of sp³-hybridized carbons (Fsp3) is 0.308. The smallest absolute Gasteiger partial charge is 0.129 e. The number of ether oxygens (including phenoxy) is 2. The minimum absolute atomic E-state index is 0.0545. The van der Waals surface area contributed by atoms with Gasteiger partial charge in [-0.3, -0.25) is 0 Å². The Morgan fingerprint density at radius 3 is 2.83 bits per heavy atom. The Bertz CT molecular complexity index is 525. The van der Waals surface area contributed by atoms with Crippen LogP contribution in [-0.4, -0.2) is 17.2 Å². The molecule has 0 aliphatic carbocycles. The number of aryl methyl sites for hydroxylation is 1. The van der Waals surface area contributed by atoms with Crippen LogP contribution in [-0.2, 0) is 13.2 Å². The molecule has 1 aromatic carbocycles. The van der Waals surface area contributed by atoms with Gasteiger partial charge in [0.25, 0.3) is 0 Å². The summed E-state index contributed by atoms with van der Waals surface area (Å²) < 4.78 is 10.8. The fourth-order valence-corrected chi connectivity index (χ4v) is 2.26. The van der Waals surface area contributed by atoms with Gasteiger partial charge in [-0.25, -0.2) is 4.98 Å². The molecule has 0 aliphatic heterocycles. The summed E-state index contributed by atoms with van der Waals surface area (Å²) in [6.07, 6.45) is 1.80. The third kappa shape index (κ3) is 3.00. The fourth-order valence-electron chi connectivity index (χ4n) is 1.55. The molecule has 0 aliphatic rings. The molecule has 0 spiro atoms. The molecule has 4 nitrogen and oxygen atoms in total. The van der Waals surface area contributed by atoms with E-state index in [2.05, 4.69) is 4.98 Å². The Morgan fingerprint density at radius 2 is 2.22 bits per heavy atom. The standard InChI is InChI=1S/C13H15NO3S/c1-9-14-6-12(18-9)8-17-13-5-11(16-2)4-3-10(13)7-15/h3-6,15H,7-8H2,1-2H3. The number of thiazole rings is 1. The van der Waals surface area contributed by atoms with Crippen molar-refractivity contribution in [3.63, 3.8) is 0 Å². The lowest BCUT2D eigenvalue weighted by Crippen LogP contribution is -1.98. The first-order valence-corrected chi connectivity index (χ1v) is 6.36. The largest absolute Gasteiger partial charge is 0.497 e. The van der Waals surface area contributed by atoms with Gasteiger partial charge in [-0.1, -0.05) is 0 Å². The maximum atomic E-state index is 9.25. The predicted octanol–water partition coefficient (Wildman–Crippen LogP) is 2.53. The van der Waals surface area contributed by atoms with Gasteiger partial charge in [-0.05, 0) is 19.1 Å². The SMILES string of the molecule is COc1ccc(CO)c(OCc2cnc(C)s2)c1. The summed E-state index contributed by atoms with van der Waals surface area (Å²) in [4.78, 5) is 5.22. The minimum Gasteiger partial charge on any atom is -0.497 e. The molecule has 0 saturated carbocycles. The number of methoxy groups -OCH3 is 1. The number of aromatic nitrogens is 1. The Kier molecular flexibility index (Phi) is 4.17. The average molecular weight is 265 g/mol. The minimum atomic E-state index is -0.0545. The molecule has 2 aromatic rings. The first kappa shape index (κ1) is 12.9. The van der Waals surface area contributed by atoms with Crippen LogP contribution in [0, 0.1) is 6.92 Å². The zero-order chi connectivity index (χ0) is 13.0. The van der Waals surface area contributed by atoms with Crippen molar-refractivity contribution in [1.82, 2.24) is 4.98 Å². The molecular formula is C13H15NO3S. The number of benzene rings is 1. The summed E-state index contributed by atoms with van der Waals surface area (Å²) in [6.45, 7) is 2.35. The van der Waals surface area contributed by atoms with E-state index < -0.39 is 0 Å². The molecule has 1 aromatic heterocycles. The Labute approximate surface area is 110 Å². The van der Waals surface area contributed by atoms with Crippen molar-refractivity contribution in [2.24, 2.45) is 0 Å². The van der Waals surface area contributed by atoms with Crippen LogP contribution in [0.1, 0.15) is 15.4 Å². The lowest BCUT2D eigenvalue weighted by atomic mass is 10.2.